The summed E-state index contributed by atoms with van der Waals surface area (Å²) in [5, 5.41) is 3.75. The van der Waals surface area contributed by atoms with Crippen molar-refractivity contribution < 1.29 is 8.95 Å². The Kier molecular flexibility index (Phi) is 5.40. The first-order valence-corrected chi connectivity index (χ1v) is 8.26. The number of para-hydroxylation sites is 1. The zero-order valence-corrected chi connectivity index (χ0v) is 12.5. The lowest BCUT2D eigenvalue weighted by Crippen LogP contribution is -2.38. The number of rotatable bonds is 6. The molecule has 3 unspecified atom stereocenters. The standard InChI is InChI=1S/C15H23NO2S/c1-3-11-16-12-7-6-10-14(12)19(17)15-9-5-4-8-13(15)18-2/h4-5,8-9,12,14,16H,3,6-7,10-11H2,1-2H3. The van der Waals surface area contributed by atoms with Crippen LogP contribution in [0.3, 0.4) is 0 Å². The molecule has 2 rings (SSSR count). The third kappa shape index (κ3) is 3.37. The van der Waals surface area contributed by atoms with E-state index >= 15 is 0 Å². The van der Waals surface area contributed by atoms with E-state index in [1.54, 1.807) is 7.11 Å². The smallest absolute Gasteiger partial charge is 0.134 e. The first-order chi connectivity index (χ1) is 9.27. The number of hydrogen-bond donors (Lipinski definition) is 1. The minimum Gasteiger partial charge on any atom is -0.495 e. The molecule has 19 heavy (non-hydrogen) atoms. The van der Waals surface area contributed by atoms with Crippen molar-refractivity contribution in [3.63, 3.8) is 0 Å². The molecular formula is C15H23NO2S. The molecule has 1 saturated carbocycles. The molecule has 0 aliphatic heterocycles. The Morgan fingerprint density at radius 2 is 2.16 bits per heavy atom. The molecular weight excluding hydrogens is 258 g/mol. The Balaban J connectivity index is 2.13. The van der Waals surface area contributed by atoms with E-state index in [1.807, 2.05) is 24.3 Å². The fourth-order valence-corrected chi connectivity index (χ4v) is 4.49. The van der Waals surface area contributed by atoms with Crippen molar-refractivity contribution in [1.29, 1.82) is 0 Å². The van der Waals surface area contributed by atoms with Crippen molar-refractivity contribution in [2.75, 3.05) is 13.7 Å². The lowest BCUT2D eigenvalue weighted by Gasteiger charge is -2.21. The second-order valence-corrected chi connectivity index (χ2v) is 6.62. The first kappa shape index (κ1) is 14.5. The first-order valence-electron chi connectivity index (χ1n) is 7.05. The van der Waals surface area contributed by atoms with Gasteiger partial charge in [-0.2, -0.15) is 0 Å². The van der Waals surface area contributed by atoms with E-state index in [4.69, 9.17) is 4.74 Å². The van der Waals surface area contributed by atoms with Crippen LogP contribution in [0.5, 0.6) is 5.75 Å². The van der Waals surface area contributed by atoms with Crippen molar-refractivity contribution in [2.45, 2.75) is 48.8 Å². The van der Waals surface area contributed by atoms with Crippen LogP contribution in [0.15, 0.2) is 29.2 Å². The summed E-state index contributed by atoms with van der Waals surface area (Å²) in [5.41, 5.74) is 0. The molecule has 1 aromatic rings. The maximum Gasteiger partial charge on any atom is 0.134 e. The molecule has 106 valence electrons. The van der Waals surface area contributed by atoms with Gasteiger partial charge in [0.2, 0.25) is 0 Å². The second kappa shape index (κ2) is 7.06. The van der Waals surface area contributed by atoms with E-state index in [-0.39, 0.29) is 5.25 Å². The van der Waals surface area contributed by atoms with Gasteiger partial charge in [-0.15, -0.1) is 0 Å². The largest absolute Gasteiger partial charge is 0.495 e. The van der Waals surface area contributed by atoms with Crippen LogP contribution < -0.4 is 10.1 Å². The Labute approximate surface area is 118 Å². The number of hydrogen-bond acceptors (Lipinski definition) is 3. The molecule has 1 fully saturated rings. The van der Waals surface area contributed by atoms with Crippen molar-refractivity contribution in [2.24, 2.45) is 0 Å². The highest BCUT2D eigenvalue weighted by Crippen LogP contribution is 2.31. The van der Waals surface area contributed by atoms with Gasteiger partial charge in [0.25, 0.3) is 0 Å². The van der Waals surface area contributed by atoms with Gasteiger partial charge in [-0.25, -0.2) is 0 Å². The van der Waals surface area contributed by atoms with Crippen molar-refractivity contribution >= 4 is 10.8 Å². The average Bonchev–Trinajstić information content (AvgIpc) is 2.92. The number of benzene rings is 1. The number of nitrogens with one attached hydrogen (secondary N) is 1. The predicted molar refractivity (Wildman–Crippen MR) is 79.1 cm³/mol. The molecule has 4 heteroatoms. The van der Waals surface area contributed by atoms with Gasteiger partial charge in [0.05, 0.1) is 28.1 Å². The lowest BCUT2D eigenvalue weighted by atomic mass is 10.2. The molecule has 1 aliphatic rings. The van der Waals surface area contributed by atoms with Gasteiger partial charge in [-0.3, -0.25) is 4.21 Å². The van der Waals surface area contributed by atoms with E-state index in [2.05, 4.69) is 12.2 Å². The predicted octanol–water partition coefficient (Wildman–Crippen LogP) is 2.72. The van der Waals surface area contributed by atoms with Gasteiger partial charge in [-0.1, -0.05) is 25.5 Å². The summed E-state index contributed by atoms with van der Waals surface area (Å²) in [6, 6.07) is 8.03. The molecule has 0 amide bonds. The molecule has 0 saturated heterocycles. The SMILES string of the molecule is CCCNC1CCCC1S(=O)c1ccccc1OC. The van der Waals surface area contributed by atoms with Gasteiger partial charge >= 0.3 is 0 Å². The Bertz CT molecular complexity index is 436. The monoisotopic (exact) mass is 281 g/mol. The van der Waals surface area contributed by atoms with Crippen molar-refractivity contribution in [1.82, 2.24) is 5.32 Å². The lowest BCUT2D eigenvalue weighted by molar-refractivity contribution is 0.403. The van der Waals surface area contributed by atoms with Crippen molar-refractivity contribution in [3.8, 4) is 5.75 Å². The topological polar surface area (TPSA) is 38.3 Å². The van der Waals surface area contributed by atoms with E-state index in [0.29, 0.717) is 6.04 Å². The summed E-state index contributed by atoms with van der Waals surface area (Å²) in [5.74, 6) is 0.738. The fraction of sp³-hybridized carbons (Fsp3) is 0.600. The summed E-state index contributed by atoms with van der Waals surface area (Å²) in [4.78, 5) is 0.834. The van der Waals surface area contributed by atoms with Crippen LogP contribution in [0, 0.1) is 0 Å². The zero-order chi connectivity index (χ0) is 13.7. The van der Waals surface area contributed by atoms with E-state index < -0.39 is 10.8 Å². The zero-order valence-electron chi connectivity index (χ0n) is 11.7. The minimum absolute atomic E-state index is 0.211. The van der Waals surface area contributed by atoms with Crippen molar-refractivity contribution in [3.05, 3.63) is 24.3 Å². The third-order valence-electron chi connectivity index (χ3n) is 3.67. The third-order valence-corrected chi connectivity index (χ3v) is 5.55. The molecule has 1 aliphatic carbocycles. The number of ether oxygens (including phenoxy) is 1. The highest BCUT2D eigenvalue weighted by Gasteiger charge is 2.33. The van der Waals surface area contributed by atoms with E-state index in [9.17, 15) is 4.21 Å². The Morgan fingerprint density at radius 1 is 1.37 bits per heavy atom. The van der Waals surface area contributed by atoms with Gasteiger partial charge < -0.3 is 10.1 Å². The van der Waals surface area contributed by atoms with Crippen LogP contribution in [0.25, 0.3) is 0 Å². The molecule has 0 bridgehead atoms. The Morgan fingerprint density at radius 3 is 2.89 bits per heavy atom. The van der Waals surface area contributed by atoms with E-state index in [1.165, 1.54) is 0 Å². The Hall–Kier alpha value is -0.870. The maximum atomic E-state index is 12.8. The van der Waals surface area contributed by atoms with Gasteiger partial charge in [0.15, 0.2) is 0 Å². The van der Waals surface area contributed by atoms with Crippen LogP contribution in [0.1, 0.15) is 32.6 Å². The molecule has 0 heterocycles. The molecule has 0 spiro atoms. The van der Waals surface area contributed by atoms with Crippen LogP contribution in [-0.2, 0) is 10.8 Å². The quantitative estimate of drug-likeness (QED) is 0.871. The van der Waals surface area contributed by atoms with Gasteiger partial charge in [0.1, 0.15) is 5.75 Å². The van der Waals surface area contributed by atoms with Gasteiger partial charge in [0, 0.05) is 6.04 Å². The molecule has 1 N–H and O–H groups in total. The van der Waals surface area contributed by atoms with Crippen LogP contribution >= 0.6 is 0 Å². The normalized spacial score (nSPS) is 24.3. The summed E-state index contributed by atoms with van der Waals surface area (Å²) in [7, 11) is 0.645. The minimum atomic E-state index is -0.991. The van der Waals surface area contributed by atoms with Crippen LogP contribution in [0.2, 0.25) is 0 Å². The molecule has 3 atom stereocenters. The summed E-state index contributed by atoms with van der Waals surface area (Å²) in [6.07, 6.45) is 4.44. The second-order valence-electron chi connectivity index (χ2n) is 4.98. The molecule has 3 nitrogen and oxygen atoms in total. The molecule has 0 aromatic heterocycles. The van der Waals surface area contributed by atoms with Crippen LogP contribution in [-0.4, -0.2) is 29.2 Å². The molecule has 1 aromatic carbocycles. The molecule has 0 radical (unpaired) electrons. The maximum absolute atomic E-state index is 12.8. The van der Waals surface area contributed by atoms with Gasteiger partial charge in [-0.05, 0) is 37.9 Å². The average molecular weight is 281 g/mol. The summed E-state index contributed by atoms with van der Waals surface area (Å²) >= 11 is 0. The fourth-order valence-electron chi connectivity index (χ4n) is 2.69. The highest BCUT2D eigenvalue weighted by atomic mass is 32.2. The summed E-state index contributed by atoms with van der Waals surface area (Å²) in [6.45, 7) is 3.17. The number of methoxy groups -OCH3 is 1. The summed E-state index contributed by atoms with van der Waals surface area (Å²) < 4.78 is 18.1. The van der Waals surface area contributed by atoms with Crippen LogP contribution in [0.4, 0.5) is 0 Å². The van der Waals surface area contributed by atoms with E-state index in [0.717, 1.165) is 42.9 Å². The highest BCUT2D eigenvalue weighted by molar-refractivity contribution is 7.85.